The molecule has 1 N–H and O–H groups in total. The monoisotopic (exact) mass is 402 g/mol. The van der Waals surface area contributed by atoms with Crippen molar-refractivity contribution in [1.82, 2.24) is 14.9 Å². The Labute approximate surface area is 176 Å². The SMILES string of the molecule is N#Cc1ccc(-c2cc3c(ccn3C[C@@H]3CNCCO3)nc2OCCC2CC2)cc1. The molecule has 3 aromatic rings. The van der Waals surface area contributed by atoms with Crippen LogP contribution in [0.5, 0.6) is 5.88 Å². The van der Waals surface area contributed by atoms with Crippen LogP contribution in [0.15, 0.2) is 42.6 Å². The van der Waals surface area contributed by atoms with E-state index in [2.05, 4.69) is 28.2 Å². The van der Waals surface area contributed by atoms with Crippen molar-refractivity contribution in [3.05, 3.63) is 48.2 Å². The number of nitrogens with one attached hydrogen (secondary N) is 1. The summed E-state index contributed by atoms with van der Waals surface area (Å²) in [6.45, 7) is 3.99. The topological polar surface area (TPSA) is 72.1 Å². The van der Waals surface area contributed by atoms with Crippen molar-refractivity contribution < 1.29 is 9.47 Å². The fourth-order valence-corrected chi connectivity index (χ4v) is 3.98. The molecule has 0 amide bonds. The van der Waals surface area contributed by atoms with Crippen LogP contribution in [-0.2, 0) is 11.3 Å². The van der Waals surface area contributed by atoms with Gasteiger partial charge in [0.2, 0.25) is 5.88 Å². The van der Waals surface area contributed by atoms with Crippen molar-refractivity contribution >= 4 is 11.0 Å². The van der Waals surface area contributed by atoms with E-state index >= 15 is 0 Å². The zero-order valence-corrected chi connectivity index (χ0v) is 17.0. The second-order valence-electron chi connectivity index (χ2n) is 8.18. The minimum absolute atomic E-state index is 0.155. The van der Waals surface area contributed by atoms with Crippen molar-refractivity contribution in [2.75, 3.05) is 26.3 Å². The summed E-state index contributed by atoms with van der Waals surface area (Å²) in [5.41, 5.74) is 4.61. The lowest BCUT2D eigenvalue weighted by Crippen LogP contribution is -2.40. The molecule has 0 radical (unpaired) electrons. The van der Waals surface area contributed by atoms with Gasteiger partial charge in [-0.3, -0.25) is 0 Å². The second kappa shape index (κ2) is 8.47. The number of benzene rings is 1. The number of nitrogens with zero attached hydrogens (tertiary/aromatic N) is 3. The summed E-state index contributed by atoms with van der Waals surface area (Å²) in [4.78, 5) is 4.86. The van der Waals surface area contributed by atoms with E-state index in [0.29, 0.717) is 18.1 Å². The fourth-order valence-electron chi connectivity index (χ4n) is 3.98. The highest BCUT2D eigenvalue weighted by Gasteiger charge is 2.22. The summed E-state index contributed by atoms with van der Waals surface area (Å²) in [7, 11) is 0. The predicted molar refractivity (Wildman–Crippen MR) is 115 cm³/mol. The average Bonchev–Trinajstić information content (AvgIpc) is 3.54. The van der Waals surface area contributed by atoms with E-state index in [0.717, 1.165) is 60.7 Å². The first-order valence-electron chi connectivity index (χ1n) is 10.8. The van der Waals surface area contributed by atoms with Gasteiger partial charge in [0.15, 0.2) is 0 Å². The molecule has 2 aliphatic rings. The molecular weight excluding hydrogens is 376 g/mol. The molecule has 3 heterocycles. The largest absolute Gasteiger partial charge is 0.477 e. The minimum atomic E-state index is 0.155. The van der Waals surface area contributed by atoms with Crippen LogP contribution < -0.4 is 10.1 Å². The van der Waals surface area contributed by atoms with Crippen LogP contribution in [0.1, 0.15) is 24.8 Å². The van der Waals surface area contributed by atoms with E-state index in [4.69, 9.17) is 19.7 Å². The molecule has 1 aliphatic heterocycles. The van der Waals surface area contributed by atoms with Gasteiger partial charge in [0.05, 0.1) is 48.5 Å². The number of morpholine rings is 1. The number of hydrogen-bond donors (Lipinski definition) is 1. The quantitative estimate of drug-likeness (QED) is 0.652. The Hall–Kier alpha value is -2.88. The summed E-state index contributed by atoms with van der Waals surface area (Å²) < 4.78 is 14.2. The number of nitriles is 1. The van der Waals surface area contributed by atoms with Gasteiger partial charge >= 0.3 is 0 Å². The van der Waals surface area contributed by atoms with E-state index in [1.807, 2.05) is 30.3 Å². The molecule has 2 fully saturated rings. The zero-order valence-electron chi connectivity index (χ0n) is 17.0. The standard InChI is InChI=1S/C24H26N4O2/c25-14-18-3-5-19(6-4-18)21-13-23-22(27-24(21)30-11-8-17-1-2-17)7-10-28(23)16-20-15-26-9-12-29-20/h3-7,10,13,17,20,26H,1-2,8-9,11-12,15-16H2/t20-/m0/s1. The number of rotatable bonds is 7. The van der Waals surface area contributed by atoms with E-state index in [9.17, 15) is 0 Å². The molecule has 1 aliphatic carbocycles. The number of fused-ring (bicyclic) bond motifs is 1. The van der Waals surface area contributed by atoms with Gasteiger partial charge in [-0.2, -0.15) is 5.26 Å². The number of ether oxygens (including phenoxy) is 2. The van der Waals surface area contributed by atoms with Crippen molar-refractivity contribution in [2.24, 2.45) is 5.92 Å². The first-order chi connectivity index (χ1) is 14.8. The van der Waals surface area contributed by atoms with Gasteiger partial charge in [0.1, 0.15) is 0 Å². The van der Waals surface area contributed by atoms with Gasteiger partial charge in [-0.05, 0) is 42.2 Å². The number of pyridine rings is 1. The highest BCUT2D eigenvalue weighted by molar-refractivity contribution is 5.84. The Balaban J connectivity index is 1.48. The Kier molecular flexibility index (Phi) is 5.39. The summed E-state index contributed by atoms with van der Waals surface area (Å²) in [5, 5.41) is 12.5. The van der Waals surface area contributed by atoms with E-state index in [1.54, 1.807) is 0 Å². The molecular formula is C24H26N4O2. The molecule has 154 valence electrons. The molecule has 2 aromatic heterocycles. The molecule has 0 bridgehead atoms. The molecule has 0 unspecified atom stereocenters. The molecule has 1 saturated heterocycles. The summed E-state index contributed by atoms with van der Waals surface area (Å²) in [6.07, 6.45) is 5.95. The predicted octanol–water partition coefficient (Wildman–Crippen LogP) is 3.74. The van der Waals surface area contributed by atoms with E-state index < -0.39 is 0 Å². The Morgan fingerprint density at radius 2 is 2.10 bits per heavy atom. The third-order valence-electron chi connectivity index (χ3n) is 5.91. The third-order valence-corrected chi connectivity index (χ3v) is 5.91. The maximum absolute atomic E-state index is 9.13. The normalized spacial score (nSPS) is 19.0. The zero-order chi connectivity index (χ0) is 20.3. The molecule has 1 atom stereocenters. The molecule has 6 nitrogen and oxygen atoms in total. The highest BCUT2D eigenvalue weighted by atomic mass is 16.5. The van der Waals surface area contributed by atoms with Gasteiger partial charge in [0, 0.05) is 24.8 Å². The van der Waals surface area contributed by atoms with Crippen molar-refractivity contribution in [3.8, 4) is 23.1 Å². The smallest absolute Gasteiger partial charge is 0.222 e. The van der Waals surface area contributed by atoms with Crippen molar-refractivity contribution in [1.29, 1.82) is 5.26 Å². The van der Waals surface area contributed by atoms with Crippen molar-refractivity contribution in [2.45, 2.75) is 31.9 Å². The van der Waals surface area contributed by atoms with Gasteiger partial charge in [-0.15, -0.1) is 0 Å². The molecule has 0 spiro atoms. The first-order valence-corrected chi connectivity index (χ1v) is 10.8. The minimum Gasteiger partial charge on any atom is -0.477 e. The van der Waals surface area contributed by atoms with Crippen LogP contribution in [0.2, 0.25) is 0 Å². The lowest BCUT2D eigenvalue weighted by atomic mass is 10.0. The summed E-state index contributed by atoms with van der Waals surface area (Å²) in [5.74, 6) is 1.48. The maximum atomic E-state index is 9.13. The van der Waals surface area contributed by atoms with Gasteiger partial charge < -0.3 is 19.4 Å². The van der Waals surface area contributed by atoms with Crippen LogP contribution in [0, 0.1) is 17.2 Å². The Morgan fingerprint density at radius 1 is 1.23 bits per heavy atom. The molecule has 30 heavy (non-hydrogen) atoms. The third kappa shape index (κ3) is 4.18. The van der Waals surface area contributed by atoms with Crippen LogP contribution in [0.25, 0.3) is 22.2 Å². The van der Waals surface area contributed by atoms with Crippen LogP contribution >= 0.6 is 0 Å². The molecule has 5 rings (SSSR count). The van der Waals surface area contributed by atoms with Gasteiger partial charge in [-0.25, -0.2) is 4.98 Å². The fraction of sp³-hybridized carbons (Fsp3) is 0.417. The Bertz CT molecular complexity index is 1060. The maximum Gasteiger partial charge on any atom is 0.222 e. The lowest BCUT2D eigenvalue weighted by Gasteiger charge is -2.24. The molecule has 1 saturated carbocycles. The number of aromatic nitrogens is 2. The Morgan fingerprint density at radius 3 is 2.83 bits per heavy atom. The second-order valence-corrected chi connectivity index (χ2v) is 8.18. The summed E-state index contributed by atoms with van der Waals surface area (Å²) >= 11 is 0. The average molecular weight is 402 g/mol. The van der Waals surface area contributed by atoms with Gasteiger partial charge in [-0.1, -0.05) is 25.0 Å². The van der Waals surface area contributed by atoms with Crippen molar-refractivity contribution in [3.63, 3.8) is 0 Å². The van der Waals surface area contributed by atoms with Crippen LogP contribution in [0.4, 0.5) is 0 Å². The van der Waals surface area contributed by atoms with E-state index in [1.165, 1.54) is 12.8 Å². The molecule has 6 heteroatoms. The van der Waals surface area contributed by atoms with Crippen LogP contribution in [0.3, 0.4) is 0 Å². The van der Waals surface area contributed by atoms with Crippen LogP contribution in [-0.4, -0.2) is 42.0 Å². The number of hydrogen-bond acceptors (Lipinski definition) is 5. The first kappa shape index (κ1) is 19.1. The summed E-state index contributed by atoms with van der Waals surface area (Å²) in [6, 6.07) is 14.0. The molecule has 1 aromatic carbocycles. The highest BCUT2D eigenvalue weighted by Crippen LogP contribution is 2.35. The van der Waals surface area contributed by atoms with Gasteiger partial charge in [0.25, 0.3) is 0 Å². The lowest BCUT2D eigenvalue weighted by molar-refractivity contribution is 0.0189. The van der Waals surface area contributed by atoms with E-state index in [-0.39, 0.29) is 6.10 Å².